The Hall–Kier alpha value is -2.69. The smallest absolute Gasteiger partial charge is 0.271 e. The first kappa shape index (κ1) is 25.9. The quantitative estimate of drug-likeness (QED) is 0.524. The van der Waals surface area contributed by atoms with Crippen LogP contribution >= 0.6 is 11.6 Å². The first-order valence-electron chi connectivity index (χ1n) is 11.1. The number of nitrogens with one attached hydrogen (secondary N) is 3. The molecule has 1 aromatic carbocycles. The topological polar surface area (TPSA) is 104 Å². The van der Waals surface area contributed by atoms with Crippen molar-refractivity contribution >= 4 is 29.3 Å². The minimum absolute atomic E-state index is 0.0121. The molecule has 2 heterocycles. The van der Waals surface area contributed by atoms with E-state index in [9.17, 15) is 14.0 Å². The monoisotopic (exact) mass is 495 g/mol. The van der Waals surface area contributed by atoms with Crippen LogP contribution in [0.5, 0.6) is 5.75 Å². The molecule has 0 radical (unpaired) electrons. The summed E-state index contributed by atoms with van der Waals surface area (Å²) in [5.41, 5.74) is 4.41. The molecule has 0 aromatic heterocycles. The molecule has 3 N–H and O–H groups in total. The van der Waals surface area contributed by atoms with Crippen molar-refractivity contribution in [2.24, 2.45) is 4.99 Å². The van der Waals surface area contributed by atoms with E-state index >= 15 is 0 Å². The van der Waals surface area contributed by atoms with Gasteiger partial charge in [-0.3, -0.25) is 30.7 Å². The lowest BCUT2D eigenvalue weighted by molar-refractivity contribution is -0.118. The SMILES string of the molecule is CC(C)N(C)C1=NCC(C(=O)NNC(=O)c2cc(F)c(OCC3COC(C)(C)N3)cc2Cl)=CC1. The van der Waals surface area contributed by atoms with Gasteiger partial charge in [0.2, 0.25) is 0 Å². The van der Waals surface area contributed by atoms with Gasteiger partial charge in [0.1, 0.15) is 18.2 Å². The summed E-state index contributed by atoms with van der Waals surface area (Å²) >= 11 is 6.18. The van der Waals surface area contributed by atoms with Crippen LogP contribution in [-0.4, -0.2) is 67.2 Å². The van der Waals surface area contributed by atoms with Crippen LogP contribution in [0.4, 0.5) is 4.39 Å². The summed E-state index contributed by atoms with van der Waals surface area (Å²) in [6, 6.07) is 2.40. The lowest BCUT2D eigenvalue weighted by Gasteiger charge is -2.27. The molecule has 34 heavy (non-hydrogen) atoms. The average Bonchev–Trinajstić information content (AvgIpc) is 3.15. The molecule has 1 atom stereocenters. The Morgan fingerprint density at radius 1 is 1.35 bits per heavy atom. The van der Waals surface area contributed by atoms with Crippen LogP contribution in [0.15, 0.2) is 28.8 Å². The van der Waals surface area contributed by atoms with Crippen molar-refractivity contribution in [2.75, 3.05) is 26.8 Å². The van der Waals surface area contributed by atoms with Crippen molar-refractivity contribution < 1.29 is 23.5 Å². The van der Waals surface area contributed by atoms with Crippen LogP contribution in [0.25, 0.3) is 0 Å². The predicted molar refractivity (Wildman–Crippen MR) is 127 cm³/mol. The average molecular weight is 496 g/mol. The van der Waals surface area contributed by atoms with Gasteiger partial charge in [-0.1, -0.05) is 17.7 Å². The first-order valence-corrected chi connectivity index (χ1v) is 11.4. The van der Waals surface area contributed by atoms with Crippen LogP contribution in [0.1, 0.15) is 44.5 Å². The molecule has 0 aliphatic carbocycles. The number of aliphatic imine (C=N–C) groups is 1. The van der Waals surface area contributed by atoms with Gasteiger partial charge in [0, 0.05) is 31.1 Å². The number of amidine groups is 1. The van der Waals surface area contributed by atoms with Crippen LogP contribution in [-0.2, 0) is 9.53 Å². The largest absolute Gasteiger partial charge is 0.489 e. The number of amides is 2. The normalized spacial score (nSPS) is 19.4. The Balaban J connectivity index is 1.53. The lowest BCUT2D eigenvalue weighted by atomic mass is 10.1. The molecule has 3 rings (SSSR count). The fourth-order valence-corrected chi connectivity index (χ4v) is 3.72. The molecule has 2 amide bonds. The maximum absolute atomic E-state index is 14.5. The van der Waals surface area contributed by atoms with Crippen molar-refractivity contribution in [3.05, 3.63) is 40.2 Å². The molecule has 1 aromatic rings. The molecule has 0 spiro atoms. The van der Waals surface area contributed by atoms with Gasteiger partial charge in [0.05, 0.1) is 29.8 Å². The van der Waals surface area contributed by atoms with E-state index in [-0.39, 0.29) is 35.5 Å². The minimum Gasteiger partial charge on any atom is -0.489 e. The second kappa shape index (κ2) is 10.7. The minimum atomic E-state index is -0.753. The van der Waals surface area contributed by atoms with Crippen LogP contribution < -0.4 is 20.9 Å². The summed E-state index contributed by atoms with van der Waals surface area (Å²) in [5, 5.41) is 3.20. The number of halogens is 2. The van der Waals surface area contributed by atoms with Gasteiger partial charge in [-0.15, -0.1) is 0 Å². The summed E-state index contributed by atoms with van der Waals surface area (Å²) in [4.78, 5) is 31.3. The fourth-order valence-electron chi connectivity index (χ4n) is 3.48. The Labute approximate surface area is 203 Å². The summed E-state index contributed by atoms with van der Waals surface area (Å²) in [6.07, 6.45) is 2.29. The van der Waals surface area contributed by atoms with Crippen LogP contribution in [0, 0.1) is 5.82 Å². The number of hydrogen-bond donors (Lipinski definition) is 3. The Kier molecular flexibility index (Phi) is 8.17. The van der Waals surface area contributed by atoms with Crippen molar-refractivity contribution in [3.63, 3.8) is 0 Å². The maximum atomic E-state index is 14.5. The number of dihydropyridines is 1. The summed E-state index contributed by atoms with van der Waals surface area (Å²) in [7, 11) is 1.95. The molecule has 11 heteroatoms. The van der Waals surface area contributed by atoms with Crippen molar-refractivity contribution in [3.8, 4) is 5.75 Å². The third-order valence-electron chi connectivity index (χ3n) is 5.63. The lowest BCUT2D eigenvalue weighted by Crippen LogP contribution is -2.43. The zero-order chi connectivity index (χ0) is 25.0. The maximum Gasteiger partial charge on any atom is 0.271 e. The molecule has 2 aliphatic heterocycles. The molecular weight excluding hydrogens is 465 g/mol. The summed E-state index contributed by atoms with van der Waals surface area (Å²) in [5.74, 6) is -1.18. The second-order valence-electron chi connectivity index (χ2n) is 9.01. The van der Waals surface area contributed by atoms with E-state index < -0.39 is 23.4 Å². The molecule has 186 valence electrons. The summed E-state index contributed by atoms with van der Waals surface area (Å²) < 4.78 is 25.6. The van der Waals surface area contributed by atoms with E-state index in [1.807, 2.05) is 25.8 Å². The standard InChI is InChI=1S/C23H31ClFN5O4/c1-13(2)30(5)20-7-6-14(10-26-20)21(31)28-29-22(32)16-8-18(25)19(9-17(16)24)33-11-15-12-34-23(3,4)27-15/h6,8-9,13,15,27H,7,10-12H2,1-5H3,(H,28,31)(H,29,32). The van der Waals surface area contributed by atoms with Gasteiger partial charge in [0.15, 0.2) is 11.6 Å². The van der Waals surface area contributed by atoms with E-state index in [1.165, 1.54) is 6.07 Å². The zero-order valence-electron chi connectivity index (χ0n) is 20.0. The van der Waals surface area contributed by atoms with Gasteiger partial charge in [-0.2, -0.15) is 0 Å². The van der Waals surface area contributed by atoms with Gasteiger partial charge in [-0.25, -0.2) is 4.39 Å². The molecule has 1 unspecified atom stereocenters. The van der Waals surface area contributed by atoms with Crippen molar-refractivity contribution in [2.45, 2.75) is 51.9 Å². The summed E-state index contributed by atoms with van der Waals surface area (Å²) in [6.45, 7) is 8.69. The number of carbonyl (C=O) groups excluding carboxylic acids is 2. The third-order valence-corrected chi connectivity index (χ3v) is 5.94. The van der Waals surface area contributed by atoms with Gasteiger partial charge in [0.25, 0.3) is 11.8 Å². The van der Waals surface area contributed by atoms with Gasteiger partial charge < -0.3 is 14.4 Å². The number of nitrogens with zero attached hydrogens (tertiary/aromatic N) is 2. The molecule has 1 saturated heterocycles. The molecular formula is C23H31ClFN5O4. The number of ether oxygens (including phenoxy) is 2. The number of hydrazine groups is 1. The highest BCUT2D eigenvalue weighted by Gasteiger charge is 2.31. The molecule has 1 fully saturated rings. The van der Waals surface area contributed by atoms with E-state index in [0.717, 1.165) is 11.9 Å². The Morgan fingerprint density at radius 3 is 2.65 bits per heavy atom. The number of rotatable bonds is 6. The number of carbonyl (C=O) groups is 2. The fraction of sp³-hybridized carbons (Fsp3) is 0.522. The Morgan fingerprint density at radius 2 is 2.06 bits per heavy atom. The van der Waals surface area contributed by atoms with Gasteiger partial charge in [-0.05, 0) is 33.8 Å². The first-order chi connectivity index (χ1) is 16.0. The van der Waals surface area contributed by atoms with E-state index in [4.69, 9.17) is 21.1 Å². The van der Waals surface area contributed by atoms with Crippen molar-refractivity contribution in [1.82, 2.24) is 21.1 Å². The predicted octanol–water partition coefficient (Wildman–Crippen LogP) is 2.41. The van der Waals surface area contributed by atoms with Crippen molar-refractivity contribution in [1.29, 1.82) is 0 Å². The second-order valence-corrected chi connectivity index (χ2v) is 9.42. The molecule has 0 saturated carbocycles. The van der Waals surface area contributed by atoms with Crippen LogP contribution in [0.2, 0.25) is 5.02 Å². The third kappa shape index (κ3) is 6.46. The Bertz CT molecular complexity index is 1010. The molecule has 9 nitrogen and oxygen atoms in total. The molecule has 0 bridgehead atoms. The van der Waals surface area contributed by atoms with E-state index in [0.29, 0.717) is 24.6 Å². The molecule has 2 aliphatic rings. The highest BCUT2D eigenvalue weighted by molar-refractivity contribution is 6.34. The number of hydrogen-bond acceptors (Lipinski definition) is 7. The highest BCUT2D eigenvalue weighted by atomic mass is 35.5. The number of benzene rings is 1. The van der Waals surface area contributed by atoms with E-state index in [2.05, 4.69) is 35.0 Å². The zero-order valence-corrected chi connectivity index (χ0v) is 20.8. The highest BCUT2D eigenvalue weighted by Crippen LogP contribution is 2.27. The van der Waals surface area contributed by atoms with E-state index in [1.54, 1.807) is 6.08 Å². The van der Waals surface area contributed by atoms with Gasteiger partial charge >= 0.3 is 0 Å². The van der Waals surface area contributed by atoms with Crippen LogP contribution in [0.3, 0.4) is 0 Å².